The van der Waals surface area contributed by atoms with Crippen molar-refractivity contribution in [2.24, 2.45) is 0 Å². The predicted molar refractivity (Wildman–Crippen MR) is 122 cm³/mol. The van der Waals surface area contributed by atoms with Gasteiger partial charge in [0.25, 0.3) is 0 Å². The van der Waals surface area contributed by atoms with Crippen LogP contribution in [0.4, 0.5) is 10.5 Å². The van der Waals surface area contributed by atoms with Crippen LogP contribution in [-0.2, 0) is 13.1 Å². The van der Waals surface area contributed by atoms with Gasteiger partial charge in [0.15, 0.2) is 0 Å². The van der Waals surface area contributed by atoms with Gasteiger partial charge in [-0.3, -0.25) is 4.90 Å². The minimum Gasteiger partial charge on any atom is -0.495 e. The SMILES string of the molecule is CCN(CC)Cc1ccc(CNC(=O)N2CCN(c3ccccc3OC)CC2)cc1. The first-order valence-corrected chi connectivity index (χ1v) is 10.9. The number of hydrogen-bond acceptors (Lipinski definition) is 4. The molecule has 0 atom stereocenters. The second kappa shape index (κ2) is 10.9. The van der Waals surface area contributed by atoms with Crippen LogP contribution in [0.2, 0.25) is 0 Å². The molecule has 0 saturated carbocycles. The van der Waals surface area contributed by atoms with Gasteiger partial charge in [0.05, 0.1) is 12.8 Å². The Morgan fingerprint density at radius 3 is 2.23 bits per heavy atom. The first kappa shape index (κ1) is 22.0. The number of carbonyl (C=O) groups excluding carboxylic acids is 1. The van der Waals surface area contributed by atoms with Crippen LogP contribution in [0.3, 0.4) is 0 Å². The third-order valence-corrected chi connectivity index (χ3v) is 5.76. The summed E-state index contributed by atoms with van der Waals surface area (Å²) in [5.74, 6) is 0.875. The summed E-state index contributed by atoms with van der Waals surface area (Å²) >= 11 is 0. The topological polar surface area (TPSA) is 48.1 Å². The van der Waals surface area contributed by atoms with Gasteiger partial charge in [-0.25, -0.2) is 4.79 Å². The number of urea groups is 1. The Kier molecular flexibility index (Phi) is 7.97. The molecular weight excluding hydrogens is 376 g/mol. The maximum atomic E-state index is 12.6. The molecule has 6 nitrogen and oxygen atoms in total. The lowest BCUT2D eigenvalue weighted by molar-refractivity contribution is 0.194. The van der Waals surface area contributed by atoms with Crippen molar-refractivity contribution in [1.82, 2.24) is 15.1 Å². The summed E-state index contributed by atoms with van der Waals surface area (Å²) < 4.78 is 5.47. The molecule has 162 valence electrons. The molecule has 0 bridgehead atoms. The van der Waals surface area contributed by atoms with E-state index in [1.807, 2.05) is 23.1 Å². The number of ether oxygens (including phenoxy) is 1. The van der Waals surface area contributed by atoms with Crippen molar-refractivity contribution in [2.75, 3.05) is 51.3 Å². The summed E-state index contributed by atoms with van der Waals surface area (Å²) in [6.07, 6.45) is 0. The molecule has 1 fully saturated rings. The van der Waals surface area contributed by atoms with Gasteiger partial charge in [-0.05, 0) is 36.3 Å². The third kappa shape index (κ3) is 5.66. The fourth-order valence-electron chi connectivity index (χ4n) is 3.80. The standard InChI is InChI=1S/C24H34N4O2/c1-4-26(5-2)19-21-12-10-20(11-13-21)18-25-24(29)28-16-14-27(15-17-28)22-8-6-7-9-23(22)30-3/h6-13H,4-5,14-19H2,1-3H3,(H,25,29). The molecule has 0 aromatic heterocycles. The van der Waals surface area contributed by atoms with Gasteiger partial charge >= 0.3 is 6.03 Å². The van der Waals surface area contributed by atoms with Crippen LogP contribution in [-0.4, -0.2) is 62.2 Å². The summed E-state index contributed by atoms with van der Waals surface area (Å²) in [4.78, 5) is 19.1. The highest BCUT2D eigenvalue weighted by molar-refractivity contribution is 5.74. The first-order chi connectivity index (χ1) is 14.6. The van der Waals surface area contributed by atoms with Crippen LogP contribution < -0.4 is 15.0 Å². The minimum absolute atomic E-state index is 0.00175. The van der Waals surface area contributed by atoms with Crippen molar-refractivity contribution >= 4 is 11.7 Å². The predicted octanol–water partition coefficient (Wildman–Crippen LogP) is 3.57. The van der Waals surface area contributed by atoms with Crippen LogP contribution in [0.5, 0.6) is 5.75 Å². The monoisotopic (exact) mass is 410 g/mol. The summed E-state index contributed by atoms with van der Waals surface area (Å²) in [6, 6.07) is 16.6. The van der Waals surface area contributed by atoms with E-state index in [4.69, 9.17) is 4.74 Å². The highest BCUT2D eigenvalue weighted by atomic mass is 16.5. The molecule has 3 rings (SSSR count). The fraction of sp³-hybridized carbons (Fsp3) is 0.458. The van der Waals surface area contributed by atoms with E-state index < -0.39 is 0 Å². The summed E-state index contributed by atoms with van der Waals surface area (Å²) in [7, 11) is 1.69. The van der Waals surface area contributed by atoms with E-state index >= 15 is 0 Å². The second-order valence-corrected chi connectivity index (χ2v) is 7.58. The Morgan fingerprint density at radius 2 is 1.60 bits per heavy atom. The Balaban J connectivity index is 1.46. The molecular formula is C24H34N4O2. The van der Waals surface area contributed by atoms with E-state index in [0.717, 1.165) is 49.7 Å². The number of hydrogen-bond donors (Lipinski definition) is 1. The molecule has 0 unspecified atom stereocenters. The second-order valence-electron chi connectivity index (χ2n) is 7.58. The normalized spacial score (nSPS) is 14.1. The number of amides is 2. The number of nitrogens with zero attached hydrogens (tertiary/aromatic N) is 3. The smallest absolute Gasteiger partial charge is 0.317 e. The lowest BCUT2D eigenvalue weighted by Crippen LogP contribution is -2.51. The zero-order valence-electron chi connectivity index (χ0n) is 18.4. The van der Waals surface area contributed by atoms with E-state index in [-0.39, 0.29) is 6.03 Å². The number of carbonyl (C=O) groups is 1. The van der Waals surface area contributed by atoms with Crippen molar-refractivity contribution in [3.8, 4) is 5.75 Å². The van der Waals surface area contributed by atoms with Gasteiger partial charge in [0, 0.05) is 39.3 Å². The van der Waals surface area contributed by atoms with Crippen LogP contribution in [0.1, 0.15) is 25.0 Å². The lowest BCUT2D eigenvalue weighted by Gasteiger charge is -2.36. The van der Waals surface area contributed by atoms with Crippen LogP contribution in [0.25, 0.3) is 0 Å². The first-order valence-electron chi connectivity index (χ1n) is 10.9. The fourth-order valence-corrected chi connectivity index (χ4v) is 3.80. The maximum absolute atomic E-state index is 12.6. The molecule has 1 aliphatic rings. The third-order valence-electron chi connectivity index (χ3n) is 5.76. The van der Waals surface area contributed by atoms with E-state index in [1.54, 1.807) is 7.11 Å². The molecule has 2 aromatic rings. The highest BCUT2D eigenvalue weighted by Crippen LogP contribution is 2.28. The average Bonchev–Trinajstić information content (AvgIpc) is 2.81. The van der Waals surface area contributed by atoms with Gasteiger partial charge in [0.1, 0.15) is 5.75 Å². The Bertz CT molecular complexity index is 797. The summed E-state index contributed by atoms with van der Waals surface area (Å²) in [6.45, 7) is 11.0. The maximum Gasteiger partial charge on any atom is 0.317 e. The molecule has 1 aliphatic heterocycles. The Hall–Kier alpha value is -2.73. The Morgan fingerprint density at radius 1 is 0.967 bits per heavy atom. The molecule has 2 aromatic carbocycles. The zero-order valence-corrected chi connectivity index (χ0v) is 18.4. The average molecular weight is 411 g/mol. The van der Waals surface area contributed by atoms with Gasteiger partial charge in [-0.2, -0.15) is 0 Å². The molecule has 1 N–H and O–H groups in total. The summed E-state index contributed by atoms with van der Waals surface area (Å²) in [5.41, 5.74) is 3.52. The molecule has 2 amide bonds. The number of rotatable bonds is 8. The minimum atomic E-state index is 0.00175. The van der Waals surface area contributed by atoms with Gasteiger partial charge in [-0.15, -0.1) is 0 Å². The zero-order chi connectivity index (χ0) is 21.3. The molecule has 0 spiro atoms. The van der Waals surface area contributed by atoms with E-state index in [2.05, 4.69) is 59.3 Å². The van der Waals surface area contributed by atoms with Gasteiger partial charge < -0.3 is 19.9 Å². The highest BCUT2D eigenvalue weighted by Gasteiger charge is 2.22. The van der Waals surface area contributed by atoms with E-state index in [1.165, 1.54) is 5.56 Å². The van der Waals surface area contributed by atoms with Crippen molar-refractivity contribution in [2.45, 2.75) is 26.9 Å². The van der Waals surface area contributed by atoms with Crippen molar-refractivity contribution in [3.63, 3.8) is 0 Å². The number of methoxy groups -OCH3 is 1. The Labute approximate surface area is 180 Å². The van der Waals surface area contributed by atoms with Gasteiger partial charge in [-0.1, -0.05) is 50.2 Å². The number of para-hydroxylation sites is 2. The molecule has 1 heterocycles. The van der Waals surface area contributed by atoms with Crippen molar-refractivity contribution in [1.29, 1.82) is 0 Å². The lowest BCUT2D eigenvalue weighted by atomic mass is 10.1. The molecule has 0 radical (unpaired) electrons. The number of benzene rings is 2. The quantitative estimate of drug-likeness (QED) is 0.723. The number of nitrogens with one attached hydrogen (secondary N) is 1. The number of piperazine rings is 1. The summed E-state index contributed by atoms with van der Waals surface area (Å²) in [5, 5.41) is 3.06. The number of anilines is 1. The molecule has 6 heteroatoms. The molecule has 0 aliphatic carbocycles. The van der Waals surface area contributed by atoms with E-state index in [0.29, 0.717) is 19.6 Å². The van der Waals surface area contributed by atoms with Crippen molar-refractivity contribution < 1.29 is 9.53 Å². The largest absolute Gasteiger partial charge is 0.495 e. The molecule has 30 heavy (non-hydrogen) atoms. The van der Waals surface area contributed by atoms with Crippen molar-refractivity contribution in [3.05, 3.63) is 59.7 Å². The van der Waals surface area contributed by atoms with Crippen LogP contribution in [0, 0.1) is 0 Å². The van der Waals surface area contributed by atoms with E-state index in [9.17, 15) is 4.79 Å². The molecule has 1 saturated heterocycles. The van der Waals surface area contributed by atoms with Crippen LogP contribution in [0.15, 0.2) is 48.5 Å². The van der Waals surface area contributed by atoms with Gasteiger partial charge in [0.2, 0.25) is 0 Å². The van der Waals surface area contributed by atoms with Crippen LogP contribution >= 0.6 is 0 Å².